The summed E-state index contributed by atoms with van der Waals surface area (Å²) >= 11 is 0. The zero-order valence-corrected chi connectivity index (χ0v) is 15.9. The summed E-state index contributed by atoms with van der Waals surface area (Å²) in [6, 6.07) is 17.5. The topological polar surface area (TPSA) is 58.9 Å². The second-order valence-corrected chi connectivity index (χ2v) is 6.43. The molecular formula is C23H28O4. The molecule has 0 saturated heterocycles. The van der Waals surface area contributed by atoms with E-state index in [1.807, 2.05) is 66.7 Å². The Balaban J connectivity index is 1.74. The minimum atomic E-state index is -0.749. The molecule has 0 spiro atoms. The second-order valence-electron chi connectivity index (χ2n) is 6.43. The highest BCUT2D eigenvalue weighted by molar-refractivity contribution is 5.52. The quantitative estimate of drug-likeness (QED) is 0.626. The summed E-state index contributed by atoms with van der Waals surface area (Å²) < 4.78 is 10.7. The highest BCUT2D eigenvalue weighted by Crippen LogP contribution is 2.14. The maximum atomic E-state index is 10.2. The molecule has 0 aliphatic carbocycles. The molecular weight excluding hydrogens is 340 g/mol. The Hall–Kier alpha value is -2.40. The number of benzene rings is 2. The normalized spacial score (nSPS) is 15.1. The molecule has 0 aliphatic heterocycles. The Morgan fingerprint density at radius 2 is 1.67 bits per heavy atom. The highest BCUT2D eigenvalue weighted by atomic mass is 16.5. The number of allylic oxidation sites excluding steroid dienone is 2. The molecule has 2 aromatic carbocycles. The van der Waals surface area contributed by atoms with Crippen LogP contribution in [0.5, 0.6) is 5.75 Å². The van der Waals surface area contributed by atoms with Crippen molar-refractivity contribution in [2.24, 2.45) is 5.92 Å². The van der Waals surface area contributed by atoms with Gasteiger partial charge < -0.3 is 19.7 Å². The number of hydrogen-bond donors (Lipinski definition) is 2. The van der Waals surface area contributed by atoms with Crippen LogP contribution in [0.15, 0.2) is 72.8 Å². The molecule has 0 unspecified atom stereocenters. The van der Waals surface area contributed by atoms with Crippen LogP contribution in [0.3, 0.4) is 0 Å². The van der Waals surface area contributed by atoms with Gasteiger partial charge in [0.1, 0.15) is 5.75 Å². The van der Waals surface area contributed by atoms with E-state index < -0.39 is 12.2 Å². The van der Waals surface area contributed by atoms with E-state index in [-0.39, 0.29) is 12.5 Å². The fourth-order valence-electron chi connectivity index (χ4n) is 2.49. The zero-order chi connectivity index (χ0) is 19.5. The van der Waals surface area contributed by atoms with Crippen LogP contribution in [-0.4, -0.2) is 36.1 Å². The van der Waals surface area contributed by atoms with Crippen molar-refractivity contribution in [3.63, 3.8) is 0 Å². The molecule has 0 aliphatic rings. The van der Waals surface area contributed by atoms with E-state index in [1.165, 1.54) is 0 Å². The summed E-state index contributed by atoms with van der Waals surface area (Å²) in [5.74, 6) is 0.488. The monoisotopic (exact) mass is 368 g/mol. The number of aliphatic hydroxyl groups is 2. The average molecular weight is 368 g/mol. The number of ether oxygens (including phenoxy) is 2. The Morgan fingerprint density at radius 1 is 0.963 bits per heavy atom. The minimum Gasteiger partial charge on any atom is -0.497 e. The predicted molar refractivity (Wildman–Crippen MR) is 108 cm³/mol. The molecule has 0 amide bonds. The molecule has 2 N–H and O–H groups in total. The lowest BCUT2D eigenvalue weighted by Gasteiger charge is -2.21. The van der Waals surface area contributed by atoms with E-state index in [4.69, 9.17) is 9.47 Å². The van der Waals surface area contributed by atoms with Crippen molar-refractivity contribution in [1.82, 2.24) is 0 Å². The molecule has 0 fully saturated rings. The molecule has 27 heavy (non-hydrogen) atoms. The highest BCUT2D eigenvalue weighted by Gasteiger charge is 2.20. The van der Waals surface area contributed by atoms with Gasteiger partial charge in [-0.25, -0.2) is 0 Å². The summed E-state index contributed by atoms with van der Waals surface area (Å²) in [6.45, 7) is 2.43. The van der Waals surface area contributed by atoms with Gasteiger partial charge in [-0.2, -0.15) is 0 Å². The van der Waals surface area contributed by atoms with Crippen LogP contribution in [0.4, 0.5) is 0 Å². The van der Waals surface area contributed by atoms with Crippen LogP contribution >= 0.6 is 0 Å². The van der Waals surface area contributed by atoms with Crippen LogP contribution in [-0.2, 0) is 11.3 Å². The Bertz CT molecular complexity index is 707. The van der Waals surface area contributed by atoms with Gasteiger partial charge in [0, 0.05) is 5.92 Å². The van der Waals surface area contributed by atoms with Gasteiger partial charge in [-0.3, -0.25) is 0 Å². The lowest BCUT2D eigenvalue weighted by atomic mass is 9.98. The summed E-state index contributed by atoms with van der Waals surface area (Å²) in [6.07, 6.45) is 5.76. The van der Waals surface area contributed by atoms with E-state index in [9.17, 15) is 10.2 Å². The van der Waals surface area contributed by atoms with Gasteiger partial charge in [-0.05, 0) is 23.3 Å². The molecule has 2 aromatic rings. The summed E-state index contributed by atoms with van der Waals surface area (Å²) in [5, 5.41) is 20.4. The van der Waals surface area contributed by atoms with E-state index >= 15 is 0 Å². The van der Waals surface area contributed by atoms with Crippen molar-refractivity contribution >= 4 is 6.08 Å². The Labute approximate surface area is 161 Å². The smallest absolute Gasteiger partial charge is 0.118 e. The minimum absolute atomic E-state index is 0.183. The maximum Gasteiger partial charge on any atom is 0.118 e. The van der Waals surface area contributed by atoms with Crippen LogP contribution in [0.25, 0.3) is 6.08 Å². The lowest BCUT2D eigenvalue weighted by Crippen LogP contribution is -2.31. The molecule has 144 valence electrons. The molecule has 0 saturated carbocycles. The SMILES string of the molecule is COc1ccc(/C=C/C=C/[C@@H](O)[C@H](C)[C@@H](O)COCc2ccccc2)cc1. The van der Waals surface area contributed by atoms with Crippen LogP contribution in [0.2, 0.25) is 0 Å². The molecule has 4 nitrogen and oxygen atoms in total. The molecule has 0 heterocycles. The molecule has 3 atom stereocenters. The van der Waals surface area contributed by atoms with Crippen molar-refractivity contribution in [3.8, 4) is 5.75 Å². The van der Waals surface area contributed by atoms with Gasteiger partial charge in [-0.15, -0.1) is 0 Å². The van der Waals surface area contributed by atoms with Gasteiger partial charge in [0.2, 0.25) is 0 Å². The number of methoxy groups -OCH3 is 1. The van der Waals surface area contributed by atoms with Crippen molar-refractivity contribution in [3.05, 3.63) is 84.0 Å². The Morgan fingerprint density at radius 3 is 2.33 bits per heavy atom. The fourth-order valence-corrected chi connectivity index (χ4v) is 2.49. The first-order chi connectivity index (χ1) is 13.1. The standard InChI is InChI=1S/C23H28O4/c1-18(23(25)17-27-16-20-9-4-3-5-10-20)22(24)11-7-6-8-19-12-14-21(26-2)15-13-19/h3-15,18,22-25H,16-17H2,1-2H3/b8-6+,11-7+/t18-,22+,23-/m0/s1. The number of rotatable bonds is 10. The molecule has 0 bridgehead atoms. The number of aliphatic hydroxyl groups excluding tert-OH is 2. The van der Waals surface area contributed by atoms with Crippen molar-refractivity contribution in [2.45, 2.75) is 25.7 Å². The summed E-state index contributed by atoms with van der Waals surface area (Å²) in [7, 11) is 1.64. The first-order valence-electron chi connectivity index (χ1n) is 9.07. The average Bonchev–Trinajstić information content (AvgIpc) is 2.71. The first kappa shape index (κ1) is 20.9. The van der Waals surface area contributed by atoms with Gasteiger partial charge in [0.15, 0.2) is 0 Å². The number of hydrogen-bond acceptors (Lipinski definition) is 4. The third-order valence-electron chi connectivity index (χ3n) is 4.37. The Kier molecular flexibility index (Phi) is 8.78. The second kappa shape index (κ2) is 11.3. The lowest BCUT2D eigenvalue weighted by molar-refractivity contribution is -0.0245. The van der Waals surface area contributed by atoms with E-state index in [1.54, 1.807) is 26.2 Å². The van der Waals surface area contributed by atoms with E-state index in [0.29, 0.717) is 6.61 Å². The molecule has 0 aromatic heterocycles. The van der Waals surface area contributed by atoms with Crippen LogP contribution < -0.4 is 4.74 Å². The van der Waals surface area contributed by atoms with Gasteiger partial charge >= 0.3 is 0 Å². The van der Waals surface area contributed by atoms with Gasteiger partial charge in [0.05, 0.1) is 32.5 Å². The van der Waals surface area contributed by atoms with Crippen molar-refractivity contribution < 1.29 is 19.7 Å². The summed E-state index contributed by atoms with van der Waals surface area (Å²) in [5.41, 5.74) is 2.10. The largest absolute Gasteiger partial charge is 0.497 e. The predicted octanol–water partition coefficient (Wildman–Crippen LogP) is 3.84. The van der Waals surface area contributed by atoms with Crippen molar-refractivity contribution in [1.29, 1.82) is 0 Å². The van der Waals surface area contributed by atoms with E-state index in [0.717, 1.165) is 16.9 Å². The third-order valence-corrected chi connectivity index (χ3v) is 4.37. The first-order valence-corrected chi connectivity index (χ1v) is 9.07. The zero-order valence-electron chi connectivity index (χ0n) is 15.9. The molecule has 4 heteroatoms. The third kappa shape index (κ3) is 7.39. The molecule has 0 radical (unpaired) electrons. The van der Waals surface area contributed by atoms with Crippen LogP contribution in [0, 0.1) is 5.92 Å². The summed E-state index contributed by atoms with van der Waals surface area (Å²) in [4.78, 5) is 0. The van der Waals surface area contributed by atoms with E-state index in [2.05, 4.69) is 0 Å². The van der Waals surface area contributed by atoms with Crippen LogP contribution in [0.1, 0.15) is 18.1 Å². The molecule has 2 rings (SSSR count). The van der Waals surface area contributed by atoms with Gasteiger partial charge in [-0.1, -0.05) is 73.7 Å². The van der Waals surface area contributed by atoms with Gasteiger partial charge in [0.25, 0.3) is 0 Å². The fraction of sp³-hybridized carbons (Fsp3) is 0.304. The van der Waals surface area contributed by atoms with Crippen molar-refractivity contribution in [2.75, 3.05) is 13.7 Å². The maximum absolute atomic E-state index is 10.2.